The summed E-state index contributed by atoms with van der Waals surface area (Å²) in [6, 6.07) is 6.41. The van der Waals surface area contributed by atoms with Crippen molar-refractivity contribution in [2.75, 3.05) is 0 Å². The molecule has 0 aliphatic carbocycles. The second-order valence-corrected chi connectivity index (χ2v) is 5.19. The van der Waals surface area contributed by atoms with Gasteiger partial charge in [-0.3, -0.25) is 4.79 Å². The standard InChI is InChI=1S/C14H18ClNO3/c1-9(2)13(14(18)19)16-12(17)8-5-10-3-6-11(15)7-4-10/h3-4,6-7,9,13H,5,8H2,1-2H3,(H,16,17)(H,18,19)/t13-/m0/s1. The molecule has 0 spiro atoms. The Balaban J connectivity index is 2.47. The van der Waals surface area contributed by atoms with Gasteiger partial charge in [-0.15, -0.1) is 0 Å². The lowest BCUT2D eigenvalue weighted by Gasteiger charge is -2.17. The number of rotatable bonds is 6. The molecule has 0 aliphatic rings. The summed E-state index contributed by atoms with van der Waals surface area (Å²) in [6.45, 7) is 3.52. The summed E-state index contributed by atoms with van der Waals surface area (Å²) in [5.74, 6) is -1.40. The molecule has 2 N–H and O–H groups in total. The van der Waals surface area contributed by atoms with Crippen molar-refractivity contribution in [2.24, 2.45) is 5.92 Å². The molecule has 0 bridgehead atoms. The van der Waals surface area contributed by atoms with Crippen LogP contribution in [0.4, 0.5) is 0 Å². The Kier molecular flexibility index (Phi) is 5.83. The van der Waals surface area contributed by atoms with E-state index in [4.69, 9.17) is 16.7 Å². The highest BCUT2D eigenvalue weighted by Crippen LogP contribution is 2.11. The highest BCUT2D eigenvalue weighted by atomic mass is 35.5. The minimum absolute atomic E-state index is 0.142. The Morgan fingerprint density at radius 3 is 2.32 bits per heavy atom. The van der Waals surface area contributed by atoms with Crippen molar-refractivity contribution in [2.45, 2.75) is 32.7 Å². The number of carboxylic acid groups (broad SMARTS) is 1. The smallest absolute Gasteiger partial charge is 0.326 e. The zero-order chi connectivity index (χ0) is 14.4. The SMILES string of the molecule is CC(C)[C@H](NC(=O)CCc1ccc(Cl)cc1)C(=O)O. The molecular weight excluding hydrogens is 266 g/mol. The first kappa shape index (κ1) is 15.5. The minimum Gasteiger partial charge on any atom is -0.480 e. The van der Waals surface area contributed by atoms with E-state index in [1.54, 1.807) is 26.0 Å². The molecule has 0 fully saturated rings. The van der Waals surface area contributed by atoms with Crippen LogP contribution in [0.5, 0.6) is 0 Å². The first-order valence-corrected chi connectivity index (χ1v) is 6.54. The predicted molar refractivity (Wildman–Crippen MR) is 74.2 cm³/mol. The van der Waals surface area contributed by atoms with Crippen molar-refractivity contribution in [3.05, 3.63) is 34.9 Å². The van der Waals surface area contributed by atoms with E-state index in [1.165, 1.54) is 0 Å². The summed E-state index contributed by atoms with van der Waals surface area (Å²) in [6.07, 6.45) is 0.825. The summed E-state index contributed by atoms with van der Waals surface area (Å²) in [5, 5.41) is 12.2. The Morgan fingerprint density at radius 1 is 1.26 bits per heavy atom. The molecule has 0 saturated carbocycles. The third kappa shape index (κ3) is 5.30. The lowest BCUT2D eigenvalue weighted by molar-refractivity contribution is -0.143. The molecule has 0 aromatic heterocycles. The van der Waals surface area contributed by atoms with E-state index in [0.29, 0.717) is 11.4 Å². The number of benzene rings is 1. The van der Waals surface area contributed by atoms with Gasteiger partial charge in [-0.05, 0) is 30.0 Å². The fourth-order valence-corrected chi connectivity index (χ4v) is 1.79. The van der Waals surface area contributed by atoms with E-state index < -0.39 is 12.0 Å². The molecule has 0 radical (unpaired) electrons. The number of aliphatic carboxylic acids is 1. The Hall–Kier alpha value is -1.55. The van der Waals surface area contributed by atoms with Gasteiger partial charge in [0.25, 0.3) is 0 Å². The first-order chi connectivity index (χ1) is 8.90. The number of amides is 1. The molecule has 4 nitrogen and oxygen atoms in total. The molecule has 104 valence electrons. The molecule has 0 unspecified atom stereocenters. The number of carbonyl (C=O) groups excluding carboxylic acids is 1. The fraction of sp³-hybridized carbons (Fsp3) is 0.429. The van der Waals surface area contributed by atoms with Gasteiger partial charge in [-0.1, -0.05) is 37.6 Å². The molecule has 19 heavy (non-hydrogen) atoms. The van der Waals surface area contributed by atoms with Gasteiger partial charge in [-0.25, -0.2) is 4.79 Å². The number of carbonyl (C=O) groups is 2. The van der Waals surface area contributed by atoms with Gasteiger partial charge in [0.1, 0.15) is 6.04 Å². The normalized spacial score (nSPS) is 12.2. The van der Waals surface area contributed by atoms with Gasteiger partial charge >= 0.3 is 5.97 Å². The summed E-state index contributed by atoms with van der Waals surface area (Å²) in [4.78, 5) is 22.7. The molecule has 0 saturated heterocycles. The Morgan fingerprint density at radius 2 is 1.84 bits per heavy atom. The summed E-state index contributed by atoms with van der Waals surface area (Å²) >= 11 is 5.77. The Labute approximate surface area is 117 Å². The van der Waals surface area contributed by atoms with Crippen molar-refractivity contribution in [3.8, 4) is 0 Å². The molecule has 5 heteroatoms. The van der Waals surface area contributed by atoms with Crippen molar-refractivity contribution in [1.82, 2.24) is 5.32 Å². The van der Waals surface area contributed by atoms with Crippen LogP contribution in [0.2, 0.25) is 5.02 Å². The summed E-state index contributed by atoms with van der Waals surface area (Å²) in [5.41, 5.74) is 0.996. The highest BCUT2D eigenvalue weighted by Gasteiger charge is 2.22. The topological polar surface area (TPSA) is 66.4 Å². The van der Waals surface area contributed by atoms with Crippen LogP contribution in [0.3, 0.4) is 0 Å². The van der Waals surface area contributed by atoms with E-state index in [9.17, 15) is 9.59 Å². The van der Waals surface area contributed by atoms with Crippen molar-refractivity contribution in [1.29, 1.82) is 0 Å². The average Bonchev–Trinajstić information content (AvgIpc) is 2.34. The lowest BCUT2D eigenvalue weighted by atomic mass is 10.0. The van der Waals surface area contributed by atoms with Crippen molar-refractivity contribution in [3.63, 3.8) is 0 Å². The molecule has 0 aliphatic heterocycles. The molecule has 1 rings (SSSR count). The average molecular weight is 284 g/mol. The van der Waals surface area contributed by atoms with Crippen LogP contribution < -0.4 is 5.32 Å². The van der Waals surface area contributed by atoms with Crippen molar-refractivity contribution >= 4 is 23.5 Å². The van der Waals surface area contributed by atoms with Gasteiger partial charge in [0, 0.05) is 11.4 Å². The second-order valence-electron chi connectivity index (χ2n) is 4.75. The number of halogens is 1. The number of nitrogens with one attached hydrogen (secondary N) is 1. The lowest BCUT2D eigenvalue weighted by Crippen LogP contribution is -2.44. The summed E-state index contributed by atoms with van der Waals surface area (Å²) in [7, 11) is 0. The van der Waals surface area contributed by atoms with Crippen LogP contribution in [-0.2, 0) is 16.0 Å². The van der Waals surface area contributed by atoms with Crippen LogP contribution >= 0.6 is 11.6 Å². The highest BCUT2D eigenvalue weighted by molar-refractivity contribution is 6.30. The number of hydrogen-bond acceptors (Lipinski definition) is 2. The maximum Gasteiger partial charge on any atom is 0.326 e. The van der Waals surface area contributed by atoms with Gasteiger partial charge in [0.05, 0.1) is 0 Å². The maximum atomic E-state index is 11.7. The third-order valence-electron chi connectivity index (χ3n) is 2.80. The van der Waals surface area contributed by atoms with Crippen LogP contribution in [0.25, 0.3) is 0 Å². The van der Waals surface area contributed by atoms with Crippen LogP contribution in [0.1, 0.15) is 25.8 Å². The Bertz CT molecular complexity index is 443. The molecule has 0 heterocycles. The molecule has 1 aromatic rings. The molecular formula is C14H18ClNO3. The zero-order valence-corrected chi connectivity index (χ0v) is 11.8. The predicted octanol–water partition coefficient (Wildman–Crippen LogP) is 2.50. The van der Waals surface area contributed by atoms with Crippen LogP contribution in [-0.4, -0.2) is 23.0 Å². The first-order valence-electron chi connectivity index (χ1n) is 6.16. The number of aryl methyl sites for hydroxylation is 1. The van der Waals surface area contributed by atoms with E-state index in [2.05, 4.69) is 5.32 Å². The van der Waals surface area contributed by atoms with E-state index in [0.717, 1.165) is 5.56 Å². The summed E-state index contributed by atoms with van der Waals surface area (Å²) < 4.78 is 0. The van der Waals surface area contributed by atoms with E-state index >= 15 is 0 Å². The zero-order valence-electron chi connectivity index (χ0n) is 11.0. The number of hydrogen-bond donors (Lipinski definition) is 2. The quantitative estimate of drug-likeness (QED) is 0.843. The van der Waals surface area contributed by atoms with Crippen LogP contribution in [0, 0.1) is 5.92 Å². The van der Waals surface area contributed by atoms with Crippen molar-refractivity contribution < 1.29 is 14.7 Å². The van der Waals surface area contributed by atoms with Gasteiger partial charge in [0.15, 0.2) is 0 Å². The van der Waals surface area contributed by atoms with E-state index in [1.807, 2.05) is 12.1 Å². The van der Waals surface area contributed by atoms with Gasteiger partial charge in [0.2, 0.25) is 5.91 Å². The molecule has 1 aromatic carbocycles. The maximum absolute atomic E-state index is 11.7. The minimum atomic E-state index is -1.00. The second kappa shape index (κ2) is 7.14. The molecule has 1 amide bonds. The van der Waals surface area contributed by atoms with Gasteiger partial charge < -0.3 is 10.4 Å². The third-order valence-corrected chi connectivity index (χ3v) is 3.06. The van der Waals surface area contributed by atoms with E-state index in [-0.39, 0.29) is 18.2 Å². The number of carboxylic acids is 1. The van der Waals surface area contributed by atoms with Crippen LogP contribution in [0.15, 0.2) is 24.3 Å². The monoisotopic (exact) mass is 283 g/mol. The molecule has 1 atom stereocenters. The van der Waals surface area contributed by atoms with Gasteiger partial charge in [-0.2, -0.15) is 0 Å². The largest absolute Gasteiger partial charge is 0.480 e. The fourth-order valence-electron chi connectivity index (χ4n) is 1.67.